The Morgan fingerprint density at radius 3 is 2.81 bits per heavy atom. The molecule has 1 atom stereocenters. The van der Waals surface area contributed by atoms with Crippen LogP contribution in [0.2, 0.25) is 0 Å². The first-order valence-electron chi connectivity index (χ1n) is 4.70. The van der Waals surface area contributed by atoms with Crippen LogP contribution in [0.5, 0.6) is 5.75 Å². The second-order valence-electron chi connectivity index (χ2n) is 3.08. The lowest BCUT2D eigenvalue weighted by atomic mass is 10.2. The summed E-state index contributed by atoms with van der Waals surface area (Å²) >= 11 is 1.07. The molecule has 1 aromatic rings. The van der Waals surface area contributed by atoms with Crippen LogP contribution in [0.4, 0.5) is 0 Å². The van der Waals surface area contributed by atoms with Crippen LogP contribution in [0.15, 0.2) is 23.6 Å². The van der Waals surface area contributed by atoms with E-state index in [0.717, 1.165) is 11.3 Å². The molecule has 4 nitrogen and oxygen atoms in total. The number of allylic oxidation sites excluding steroid dienone is 1. The fourth-order valence-corrected chi connectivity index (χ4v) is 1.76. The van der Waals surface area contributed by atoms with Crippen molar-refractivity contribution in [1.82, 2.24) is 0 Å². The molecule has 1 unspecified atom stereocenters. The van der Waals surface area contributed by atoms with Crippen molar-refractivity contribution in [3.63, 3.8) is 0 Å². The van der Waals surface area contributed by atoms with Crippen LogP contribution in [0.3, 0.4) is 0 Å². The summed E-state index contributed by atoms with van der Waals surface area (Å²) in [6.45, 7) is 3.32. The molecule has 0 aliphatic heterocycles. The van der Waals surface area contributed by atoms with E-state index < -0.39 is 12.1 Å². The van der Waals surface area contributed by atoms with Gasteiger partial charge in [-0.2, -0.15) is 0 Å². The predicted octanol–water partition coefficient (Wildman–Crippen LogP) is 2.36. The Balaban J connectivity index is 2.77. The molecular weight excluding hydrogens is 228 g/mol. The summed E-state index contributed by atoms with van der Waals surface area (Å²) < 4.78 is 5.29. The molecule has 0 spiro atoms. The molecule has 0 fully saturated rings. The molecule has 1 aromatic heterocycles. The van der Waals surface area contributed by atoms with Crippen molar-refractivity contribution in [3.8, 4) is 5.75 Å². The lowest BCUT2D eigenvalue weighted by molar-refractivity contribution is -0.120. The van der Waals surface area contributed by atoms with E-state index >= 15 is 0 Å². The van der Waals surface area contributed by atoms with Gasteiger partial charge in [0.1, 0.15) is 5.75 Å². The summed E-state index contributed by atoms with van der Waals surface area (Å²) in [5, 5.41) is 10.5. The second-order valence-corrected chi connectivity index (χ2v) is 4.00. The average molecular weight is 240 g/mol. The minimum Gasteiger partial charge on any atom is -0.481 e. The Labute approximate surface area is 97.2 Å². The molecule has 1 N–H and O–H groups in total. The zero-order valence-corrected chi connectivity index (χ0v) is 9.78. The third kappa shape index (κ3) is 2.93. The second kappa shape index (κ2) is 5.46. The first kappa shape index (κ1) is 12.4. The molecule has 5 heteroatoms. The first-order valence-corrected chi connectivity index (χ1v) is 5.58. The van der Waals surface area contributed by atoms with E-state index in [1.807, 2.05) is 0 Å². The molecule has 1 heterocycles. The lowest BCUT2D eigenvalue weighted by Gasteiger charge is -2.10. The number of hydrogen-bond donors (Lipinski definition) is 1. The number of thiophene rings is 1. The van der Waals surface area contributed by atoms with E-state index in [2.05, 4.69) is 0 Å². The molecule has 1 rings (SSSR count). The molecule has 0 bridgehead atoms. The van der Waals surface area contributed by atoms with Gasteiger partial charge in [0.2, 0.25) is 0 Å². The van der Waals surface area contributed by atoms with Crippen molar-refractivity contribution in [1.29, 1.82) is 0 Å². The number of ether oxygens (including phenoxy) is 1. The van der Waals surface area contributed by atoms with E-state index in [1.165, 1.54) is 6.08 Å². The maximum atomic E-state index is 11.4. The first-order chi connectivity index (χ1) is 7.56. The van der Waals surface area contributed by atoms with Gasteiger partial charge >= 0.3 is 5.97 Å². The Kier molecular flexibility index (Phi) is 4.25. The van der Waals surface area contributed by atoms with Crippen molar-refractivity contribution in [2.45, 2.75) is 20.0 Å². The molecule has 86 valence electrons. The Morgan fingerprint density at radius 1 is 1.56 bits per heavy atom. The minimum absolute atomic E-state index is 0.111. The van der Waals surface area contributed by atoms with E-state index in [-0.39, 0.29) is 16.4 Å². The van der Waals surface area contributed by atoms with Gasteiger partial charge in [-0.05, 0) is 31.4 Å². The van der Waals surface area contributed by atoms with Crippen molar-refractivity contribution < 1.29 is 19.4 Å². The number of rotatable bonds is 5. The highest BCUT2D eigenvalue weighted by Crippen LogP contribution is 2.25. The molecule has 0 aromatic carbocycles. The van der Waals surface area contributed by atoms with Crippen LogP contribution in [0, 0.1) is 0 Å². The van der Waals surface area contributed by atoms with Crippen LogP contribution < -0.4 is 4.74 Å². The molecule has 0 saturated carbocycles. The molecular formula is C11H12O4S. The van der Waals surface area contributed by atoms with Crippen molar-refractivity contribution in [2.24, 2.45) is 0 Å². The van der Waals surface area contributed by atoms with Crippen LogP contribution in [-0.2, 0) is 4.79 Å². The fraction of sp³-hybridized carbons (Fsp3) is 0.273. The van der Waals surface area contributed by atoms with Gasteiger partial charge in [0.05, 0.1) is 0 Å². The summed E-state index contributed by atoms with van der Waals surface area (Å²) in [5.41, 5.74) is 0. The van der Waals surface area contributed by atoms with Gasteiger partial charge < -0.3 is 9.84 Å². The number of carbonyl (C=O) groups is 2. The maximum absolute atomic E-state index is 11.4. The highest BCUT2D eigenvalue weighted by molar-refractivity contribution is 7.12. The summed E-state index contributed by atoms with van der Waals surface area (Å²) in [6, 6.07) is 1.55. The highest BCUT2D eigenvalue weighted by atomic mass is 32.1. The van der Waals surface area contributed by atoms with Crippen LogP contribution in [-0.4, -0.2) is 23.0 Å². The Morgan fingerprint density at radius 2 is 2.25 bits per heavy atom. The van der Waals surface area contributed by atoms with E-state index in [4.69, 9.17) is 9.84 Å². The van der Waals surface area contributed by atoms with Gasteiger partial charge in [0.15, 0.2) is 16.8 Å². The van der Waals surface area contributed by atoms with Crippen molar-refractivity contribution in [2.75, 3.05) is 0 Å². The van der Waals surface area contributed by atoms with Crippen molar-refractivity contribution >= 4 is 23.1 Å². The monoisotopic (exact) mass is 240 g/mol. The molecule has 0 radical (unpaired) electrons. The number of aromatic carboxylic acids is 1. The number of hydrogen-bond acceptors (Lipinski definition) is 4. The number of ketones is 1. The summed E-state index contributed by atoms with van der Waals surface area (Å²) in [6.07, 6.45) is 2.34. The van der Waals surface area contributed by atoms with Crippen LogP contribution in [0.1, 0.15) is 23.5 Å². The van der Waals surface area contributed by atoms with Gasteiger partial charge in [0.25, 0.3) is 0 Å². The molecule has 0 saturated heterocycles. The average Bonchev–Trinajstić information content (AvgIpc) is 2.66. The predicted molar refractivity (Wildman–Crippen MR) is 61.2 cm³/mol. The third-order valence-electron chi connectivity index (χ3n) is 1.86. The molecule has 16 heavy (non-hydrogen) atoms. The Bertz CT molecular complexity index is 419. The van der Waals surface area contributed by atoms with E-state index in [9.17, 15) is 9.59 Å². The van der Waals surface area contributed by atoms with Crippen LogP contribution >= 0.6 is 11.3 Å². The minimum atomic E-state index is -1.05. The zero-order chi connectivity index (χ0) is 12.1. The van der Waals surface area contributed by atoms with Gasteiger partial charge in [-0.3, -0.25) is 4.79 Å². The largest absolute Gasteiger partial charge is 0.481 e. The van der Waals surface area contributed by atoms with Gasteiger partial charge in [-0.1, -0.05) is 6.08 Å². The van der Waals surface area contributed by atoms with Gasteiger partial charge in [0, 0.05) is 0 Å². The number of carboxylic acids is 1. The normalized spacial score (nSPS) is 12.6. The molecule has 0 amide bonds. The Hall–Kier alpha value is -1.62. The number of carboxylic acid groups (broad SMARTS) is 1. The van der Waals surface area contributed by atoms with E-state index in [0.29, 0.717) is 0 Å². The van der Waals surface area contributed by atoms with E-state index in [1.54, 1.807) is 31.4 Å². The standard InChI is InChI=1S/C11H12O4S/c1-3-4-8(12)7(2)15-9-5-6-16-10(9)11(13)14/h3-7H,1-2H3,(H,13,14). The maximum Gasteiger partial charge on any atom is 0.349 e. The van der Waals surface area contributed by atoms with Gasteiger partial charge in [-0.25, -0.2) is 4.79 Å². The molecule has 0 aliphatic carbocycles. The van der Waals surface area contributed by atoms with Crippen molar-refractivity contribution in [3.05, 3.63) is 28.5 Å². The summed E-state index contributed by atoms with van der Waals surface area (Å²) in [4.78, 5) is 22.3. The lowest BCUT2D eigenvalue weighted by Crippen LogP contribution is -2.22. The molecule has 0 aliphatic rings. The smallest absolute Gasteiger partial charge is 0.349 e. The third-order valence-corrected chi connectivity index (χ3v) is 2.74. The zero-order valence-electron chi connectivity index (χ0n) is 8.97. The quantitative estimate of drug-likeness (QED) is 0.802. The fourth-order valence-electron chi connectivity index (χ4n) is 1.09. The highest BCUT2D eigenvalue weighted by Gasteiger charge is 2.18. The topological polar surface area (TPSA) is 63.6 Å². The van der Waals surface area contributed by atoms with Crippen LogP contribution in [0.25, 0.3) is 0 Å². The summed E-state index contributed by atoms with van der Waals surface area (Å²) in [5.74, 6) is -0.997. The van der Waals surface area contributed by atoms with Gasteiger partial charge in [-0.15, -0.1) is 11.3 Å². The number of carbonyl (C=O) groups excluding carboxylic acids is 1. The summed E-state index contributed by atoms with van der Waals surface area (Å²) in [7, 11) is 0. The SMILES string of the molecule is CC=CC(=O)C(C)Oc1ccsc1C(=O)O.